The second-order valence-corrected chi connectivity index (χ2v) is 11.9. The highest BCUT2D eigenvalue weighted by Crippen LogP contribution is 2.38. The van der Waals surface area contributed by atoms with Crippen LogP contribution in [0.2, 0.25) is 0 Å². The summed E-state index contributed by atoms with van der Waals surface area (Å²) < 4.78 is 59.1. The first kappa shape index (κ1) is 32.3. The number of nitrogens with two attached hydrogens (primary N) is 2. The van der Waals surface area contributed by atoms with Gasteiger partial charge in [-0.3, -0.25) is 15.5 Å². The van der Waals surface area contributed by atoms with Crippen LogP contribution < -0.4 is 16.8 Å². The van der Waals surface area contributed by atoms with E-state index in [4.69, 9.17) is 26.8 Å². The number of thioether (sulfide) groups is 1. The van der Waals surface area contributed by atoms with E-state index >= 15 is 0 Å². The number of carboxylic acid groups (broad SMARTS) is 1. The molecule has 0 bridgehead atoms. The number of aliphatic carboxylic acids is 1. The van der Waals surface area contributed by atoms with Crippen molar-refractivity contribution in [2.75, 3.05) is 6.26 Å². The van der Waals surface area contributed by atoms with E-state index in [1.54, 1.807) is 36.6 Å². The fourth-order valence-electron chi connectivity index (χ4n) is 3.17. The molecule has 0 aliphatic heterocycles. The Labute approximate surface area is 235 Å². The summed E-state index contributed by atoms with van der Waals surface area (Å²) in [5, 5.41) is 17.2. The van der Waals surface area contributed by atoms with Crippen LogP contribution in [0.4, 0.5) is 18.9 Å². The van der Waals surface area contributed by atoms with Crippen LogP contribution in [0.3, 0.4) is 0 Å². The molecule has 3 rings (SSSR count). The Morgan fingerprint density at radius 2 is 1.75 bits per heavy atom. The van der Waals surface area contributed by atoms with Gasteiger partial charge in [0.2, 0.25) is 21.7 Å². The molecule has 10 nitrogen and oxygen atoms in total. The number of hydrogen-bond donors (Lipinski definition) is 5. The standard InChI is InChI=1S/C22H23N5O3S3.C2HF3O2/c1-12-9-15(27-22(25)26-13(2)28)7-8-17(12)14-5-4-6-16(10-14)33(29,30)19-11-18(20(23)24)32-21(19)31-3;3-2(4,5)1(6)7/h4-11H,1-3H3,(H3,23,24)(H3,25,26,27,28);(H,6,7). The topological polar surface area (TPSA) is 189 Å². The summed E-state index contributed by atoms with van der Waals surface area (Å²) in [6.45, 7) is 3.23. The van der Waals surface area contributed by atoms with E-state index < -0.39 is 22.0 Å². The molecule has 3 aromatic rings. The van der Waals surface area contributed by atoms with Crippen LogP contribution in [0.25, 0.3) is 11.1 Å². The molecule has 0 atom stereocenters. The maximum atomic E-state index is 13.4. The predicted molar refractivity (Wildman–Crippen MR) is 148 cm³/mol. The third kappa shape index (κ3) is 8.30. The van der Waals surface area contributed by atoms with Crippen LogP contribution in [-0.2, 0) is 19.4 Å². The zero-order valence-corrected chi connectivity index (χ0v) is 23.6. The van der Waals surface area contributed by atoms with Crippen LogP contribution in [0.5, 0.6) is 0 Å². The number of amides is 1. The van der Waals surface area contributed by atoms with Gasteiger partial charge in [0.15, 0.2) is 0 Å². The first-order valence-electron chi connectivity index (χ1n) is 10.9. The van der Waals surface area contributed by atoms with Gasteiger partial charge in [-0.05, 0) is 60.2 Å². The highest BCUT2D eigenvalue weighted by Gasteiger charge is 2.38. The van der Waals surface area contributed by atoms with E-state index in [0.29, 0.717) is 14.8 Å². The molecule has 0 fully saturated rings. The normalized spacial score (nSPS) is 11.8. The summed E-state index contributed by atoms with van der Waals surface area (Å²) in [6, 6.07) is 13.5. The molecule has 0 saturated heterocycles. The number of carboxylic acids is 1. The largest absolute Gasteiger partial charge is 0.490 e. The Morgan fingerprint density at radius 1 is 1.12 bits per heavy atom. The van der Waals surface area contributed by atoms with Gasteiger partial charge in [0.05, 0.1) is 24.6 Å². The van der Waals surface area contributed by atoms with Crippen molar-refractivity contribution >= 4 is 62.3 Å². The second kappa shape index (κ2) is 13.0. The number of sulfone groups is 1. The smallest absolute Gasteiger partial charge is 0.475 e. The second-order valence-electron chi connectivity index (χ2n) is 7.89. The summed E-state index contributed by atoms with van der Waals surface area (Å²) in [7, 11) is -3.81. The Hall–Kier alpha value is -3.89. The first-order chi connectivity index (χ1) is 18.5. The van der Waals surface area contributed by atoms with Crippen LogP contribution >= 0.6 is 23.1 Å². The van der Waals surface area contributed by atoms with Crippen LogP contribution in [-0.4, -0.2) is 49.6 Å². The average Bonchev–Trinajstić information content (AvgIpc) is 3.29. The van der Waals surface area contributed by atoms with Gasteiger partial charge in [0, 0.05) is 6.92 Å². The zero-order chi connectivity index (χ0) is 30.4. The number of nitrogen functional groups attached to an aromatic ring is 1. The maximum Gasteiger partial charge on any atom is 0.490 e. The summed E-state index contributed by atoms with van der Waals surface area (Å²) in [5.41, 5.74) is 14.3. The van der Waals surface area contributed by atoms with Crippen molar-refractivity contribution in [2.45, 2.75) is 34.0 Å². The molecule has 7 N–H and O–H groups in total. The number of guanidine groups is 1. The summed E-state index contributed by atoms with van der Waals surface area (Å²) in [5.74, 6) is -3.24. The van der Waals surface area contributed by atoms with E-state index in [2.05, 4.69) is 10.3 Å². The molecule has 1 heterocycles. The third-order valence-electron chi connectivity index (χ3n) is 4.87. The minimum atomic E-state index is -5.08. The van der Waals surface area contributed by atoms with Crippen LogP contribution in [0, 0.1) is 12.3 Å². The van der Waals surface area contributed by atoms with Gasteiger partial charge in [-0.2, -0.15) is 13.2 Å². The van der Waals surface area contributed by atoms with Crippen molar-refractivity contribution in [2.24, 2.45) is 16.5 Å². The number of thiophene rings is 1. The molecule has 16 heteroatoms. The summed E-state index contributed by atoms with van der Waals surface area (Å²) in [6.07, 6.45) is -3.29. The number of carbonyl (C=O) groups excluding carboxylic acids is 1. The minimum Gasteiger partial charge on any atom is -0.475 e. The molecule has 0 aliphatic rings. The number of alkyl halides is 3. The van der Waals surface area contributed by atoms with Gasteiger partial charge in [-0.15, -0.1) is 23.1 Å². The molecule has 0 aliphatic carbocycles. The lowest BCUT2D eigenvalue weighted by Crippen LogP contribution is -2.34. The Bertz CT molecular complexity index is 1580. The minimum absolute atomic E-state index is 0.00645. The zero-order valence-electron chi connectivity index (χ0n) is 21.2. The van der Waals surface area contributed by atoms with Crippen molar-refractivity contribution in [1.82, 2.24) is 5.32 Å². The molecule has 1 aromatic heterocycles. The number of nitrogens with zero attached hydrogens (tertiary/aromatic N) is 1. The molecule has 0 unspecified atom stereocenters. The van der Waals surface area contributed by atoms with E-state index in [1.165, 1.54) is 36.1 Å². The Balaban J connectivity index is 0.000000708. The van der Waals surface area contributed by atoms with Gasteiger partial charge in [0.1, 0.15) is 5.84 Å². The van der Waals surface area contributed by atoms with Crippen LogP contribution in [0.1, 0.15) is 17.4 Å². The van der Waals surface area contributed by atoms with Gasteiger partial charge in [-0.1, -0.05) is 18.2 Å². The van der Waals surface area contributed by atoms with Crippen LogP contribution in [0.15, 0.2) is 67.5 Å². The number of benzene rings is 2. The summed E-state index contributed by atoms with van der Waals surface area (Å²) >= 11 is 2.49. The number of carbonyl (C=O) groups is 2. The number of aryl methyl sites for hydroxylation is 1. The maximum absolute atomic E-state index is 13.4. The van der Waals surface area contributed by atoms with Gasteiger partial charge < -0.3 is 16.6 Å². The Morgan fingerprint density at radius 3 is 2.25 bits per heavy atom. The van der Waals surface area contributed by atoms with Gasteiger partial charge in [-0.25, -0.2) is 18.2 Å². The number of nitrogens with one attached hydrogen (secondary N) is 2. The molecule has 0 spiro atoms. The predicted octanol–water partition coefficient (Wildman–Crippen LogP) is 4.28. The van der Waals surface area contributed by atoms with Crippen molar-refractivity contribution in [3.63, 3.8) is 0 Å². The third-order valence-corrected chi connectivity index (χ3v) is 9.21. The molecule has 214 valence electrons. The fourth-order valence-corrected chi connectivity index (χ4v) is 7.07. The SMILES string of the molecule is CSc1sc(C(=N)N)cc1S(=O)(=O)c1cccc(-c2ccc(N=C(N)NC(C)=O)cc2C)c1.O=C(O)C(F)(F)F. The first-order valence-corrected chi connectivity index (χ1v) is 14.4. The molecule has 2 aromatic carbocycles. The Kier molecular flexibility index (Phi) is 10.5. The van der Waals surface area contributed by atoms with E-state index in [0.717, 1.165) is 16.7 Å². The number of hydrogen-bond acceptors (Lipinski definition) is 8. The number of amidine groups is 1. The average molecular weight is 616 g/mol. The van der Waals surface area contributed by atoms with Crippen molar-refractivity contribution in [3.8, 4) is 11.1 Å². The highest BCUT2D eigenvalue weighted by molar-refractivity contribution is 8.01. The van der Waals surface area contributed by atoms with Gasteiger partial charge in [0.25, 0.3) is 0 Å². The van der Waals surface area contributed by atoms with E-state index in [9.17, 15) is 26.4 Å². The van der Waals surface area contributed by atoms with Crippen molar-refractivity contribution in [1.29, 1.82) is 5.41 Å². The van der Waals surface area contributed by atoms with E-state index in [1.807, 2.05) is 19.1 Å². The molecular formula is C24H24F3N5O5S3. The highest BCUT2D eigenvalue weighted by atomic mass is 32.2. The van der Waals surface area contributed by atoms with Crippen molar-refractivity contribution < 1.29 is 36.3 Å². The molecule has 0 saturated carbocycles. The van der Waals surface area contributed by atoms with Gasteiger partial charge >= 0.3 is 12.1 Å². The molecule has 40 heavy (non-hydrogen) atoms. The monoisotopic (exact) mass is 615 g/mol. The number of aliphatic imine (C=N–C) groups is 1. The lowest BCUT2D eigenvalue weighted by molar-refractivity contribution is -0.192. The lowest BCUT2D eigenvalue weighted by Gasteiger charge is -2.10. The number of halogens is 3. The molecular weight excluding hydrogens is 591 g/mol. The van der Waals surface area contributed by atoms with E-state index in [-0.39, 0.29) is 27.5 Å². The molecule has 0 radical (unpaired) electrons. The number of rotatable bonds is 6. The fraction of sp³-hybridized carbons (Fsp3) is 0.167. The lowest BCUT2D eigenvalue weighted by atomic mass is 10.0. The quantitative estimate of drug-likeness (QED) is 0.154. The van der Waals surface area contributed by atoms with Crippen molar-refractivity contribution in [3.05, 3.63) is 59.0 Å². The summed E-state index contributed by atoms with van der Waals surface area (Å²) in [4.78, 5) is 24.9. The molecule has 1 amide bonds.